The van der Waals surface area contributed by atoms with Crippen molar-refractivity contribution in [3.05, 3.63) is 45.8 Å². The summed E-state index contributed by atoms with van der Waals surface area (Å²) in [5.74, 6) is 1.48. The average molecular weight is 334 g/mol. The zero-order valence-corrected chi connectivity index (χ0v) is 13.7. The van der Waals surface area contributed by atoms with Gasteiger partial charge >= 0.3 is 5.69 Å². The summed E-state index contributed by atoms with van der Waals surface area (Å²) < 4.78 is 6.72. The minimum absolute atomic E-state index is 0.210. The molecule has 0 saturated carbocycles. The van der Waals surface area contributed by atoms with Crippen LogP contribution < -0.4 is 10.4 Å². The Morgan fingerprint density at radius 3 is 3.05 bits per heavy atom. The van der Waals surface area contributed by atoms with Crippen LogP contribution in [0.4, 0.5) is 0 Å². The highest BCUT2D eigenvalue weighted by atomic mass is 32.2. The van der Waals surface area contributed by atoms with Gasteiger partial charge in [-0.25, -0.2) is 14.9 Å². The number of methoxy groups -OCH3 is 1. The van der Waals surface area contributed by atoms with E-state index in [0.717, 1.165) is 22.0 Å². The second kappa shape index (κ2) is 6.37. The van der Waals surface area contributed by atoms with Gasteiger partial charge < -0.3 is 4.74 Å². The SMILES string of the molecule is COc1cccc(-c2nc(CSc3n[nH]c(=O)n3C)cs2)c1. The van der Waals surface area contributed by atoms with Crippen molar-refractivity contribution in [1.29, 1.82) is 0 Å². The molecule has 6 nitrogen and oxygen atoms in total. The van der Waals surface area contributed by atoms with Gasteiger partial charge in [-0.3, -0.25) is 4.57 Å². The van der Waals surface area contributed by atoms with Crippen molar-refractivity contribution in [2.75, 3.05) is 7.11 Å². The lowest BCUT2D eigenvalue weighted by Gasteiger charge is -2.01. The lowest BCUT2D eigenvalue weighted by atomic mass is 10.2. The van der Waals surface area contributed by atoms with E-state index in [9.17, 15) is 4.79 Å². The Morgan fingerprint density at radius 1 is 1.45 bits per heavy atom. The maximum absolute atomic E-state index is 11.3. The van der Waals surface area contributed by atoms with Crippen molar-refractivity contribution in [3.63, 3.8) is 0 Å². The Labute approximate surface area is 135 Å². The topological polar surface area (TPSA) is 72.8 Å². The number of benzene rings is 1. The molecule has 1 N–H and O–H groups in total. The fourth-order valence-corrected chi connectivity index (χ4v) is 3.60. The second-order valence-electron chi connectivity index (χ2n) is 4.53. The van der Waals surface area contributed by atoms with Gasteiger partial charge in [0.2, 0.25) is 0 Å². The van der Waals surface area contributed by atoms with Crippen LogP contribution in [0.15, 0.2) is 39.6 Å². The van der Waals surface area contributed by atoms with E-state index in [1.165, 1.54) is 16.3 Å². The molecule has 0 radical (unpaired) electrons. The Balaban J connectivity index is 1.73. The molecule has 114 valence electrons. The summed E-state index contributed by atoms with van der Waals surface area (Å²) in [6.07, 6.45) is 0. The molecule has 0 unspecified atom stereocenters. The van der Waals surface area contributed by atoms with Gasteiger partial charge in [-0.05, 0) is 12.1 Å². The van der Waals surface area contributed by atoms with Gasteiger partial charge in [0.25, 0.3) is 0 Å². The van der Waals surface area contributed by atoms with Crippen molar-refractivity contribution >= 4 is 23.1 Å². The van der Waals surface area contributed by atoms with Gasteiger partial charge in [-0.15, -0.1) is 16.4 Å². The third kappa shape index (κ3) is 3.07. The summed E-state index contributed by atoms with van der Waals surface area (Å²) in [6, 6.07) is 7.83. The van der Waals surface area contributed by atoms with E-state index >= 15 is 0 Å². The first-order valence-corrected chi connectivity index (χ1v) is 8.37. The van der Waals surface area contributed by atoms with Crippen LogP contribution in [0.25, 0.3) is 10.6 Å². The number of nitrogens with zero attached hydrogens (tertiary/aromatic N) is 3. The van der Waals surface area contributed by atoms with Gasteiger partial charge in [0.15, 0.2) is 5.16 Å². The molecule has 3 aromatic rings. The van der Waals surface area contributed by atoms with E-state index in [-0.39, 0.29) is 5.69 Å². The van der Waals surface area contributed by atoms with E-state index in [2.05, 4.69) is 15.2 Å². The minimum Gasteiger partial charge on any atom is -0.497 e. The zero-order chi connectivity index (χ0) is 15.5. The maximum atomic E-state index is 11.3. The molecular formula is C14H14N4O2S2. The van der Waals surface area contributed by atoms with Gasteiger partial charge in [-0.2, -0.15) is 0 Å². The van der Waals surface area contributed by atoms with Crippen LogP contribution in [-0.2, 0) is 12.8 Å². The smallest absolute Gasteiger partial charge is 0.343 e. The highest BCUT2D eigenvalue weighted by molar-refractivity contribution is 7.98. The van der Waals surface area contributed by atoms with Crippen LogP contribution in [0.5, 0.6) is 5.75 Å². The first kappa shape index (κ1) is 14.9. The number of nitrogens with one attached hydrogen (secondary N) is 1. The Bertz CT molecular complexity index is 837. The van der Waals surface area contributed by atoms with E-state index in [1.54, 1.807) is 25.5 Å². The van der Waals surface area contributed by atoms with Gasteiger partial charge in [0, 0.05) is 23.7 Å². The zero-order valence-electron chi connectivity index (χ0n) is 12.1. The summed E-state index contributed by atoms with van der Waals surface area (Å²) in [7, 11) is 3.34. The van der Waals surface area contributed by atoms with Gasteiger partial charge in [0.05, 0.1) is 12.8 Å². The van der Waals surface area contributed by atoms with Crippen molar-refractivity contribution in [1.82, 2.24) is 19.7 Å². The fraction of sp³-hybridized carbons (Fsp3) is 0.214. The molecule has 0 bridgehead atoms. The molecule has 2 aromatic heterocycles. The summed E-state index contributed by atoms with van der Waals surface area (Å²) in [5, 5.41) is 10.0. The number of rotatable bonds is 5. The van der Waals surface area contributed by atoms with Crippen molar-refractivity contribution < 1.29 is 4.74 Å². The molecule has 22 heavy (non-hydrogen) atoms. The van der Waals surface area contributed by atoms with Gasteiger partial charge in [-0.1, -0.05) is 23.9 Å². The molecule has 0 atom stereocenters. The summed E-state index contributed by atoms with van der Waals surface area (Å²) in [5.41, 5.74) is 1.79. The quantitative estimate of drug-likeness (QED) is 0.726. The normalized spacial score (nSPS) is 10.8. The number of hydrogen-bond acceptors (Lipinski definition) is 6. The number of H-pyrrole nitrogens is 1. The van der Waals surface area contributed by atoms with Crippen LogP contribution in [0.2, 0.25) is 0 Å². The Hall–Kier alpha value is -2.06. The predicted molar refractivity (Wildman–Crippen MR) is 87.5 cm³/mol. The number of thiazole rings is 1. The monoisotopic (exact) mass is 334 g/mol. The molecule has 0 spiro atoms. The Morgan fingerprint density at radius 2 is 2.32 bits per heavy atom. The number of thioether (sulfide) groups is 1. The number of aromatic amines is 1. The van der Waals surface area contributed by atoms with Crippen LogP contribution in [0, 0.1) is 0 Å². The number of aromatic nitrogens is 4. The van der Waals surface area contributed by atoms with E-state index in [1.807, 2.05) is 29.6 Å². The van der Waals surface area contributed by atoms with E-state index < -0.39 is 0 Å². The lowest BCUT2D eigenvalue weighted by Crippen LogP contribution is -2.12. The van der Waals surface area contributed by atoms with E-state index in [4.69, 9.17) is 4.74 Å². The van der Waals surface area contributed by atoms with Crippen LogP contribution in [0.1, 0.15) is 5.69 Å². The van der Waals surface area contributed by atoms with Gasteiger partial charge in [0.1, 0.15) is 10.8 Å². The van der Waals surface area contributed by atoms with Crippen LogP contribution in [0.3, 0.4) is 0 Å². The number of hydrogen-bond donors (Lipinski definition) is 1. The molecule has 0 amide bonds. The molecule has 0 aliphatic rings. The average Bonchev–Trinajstić information content (AvgIpc) is 3.14. The third-order valence-corrected chi connectivity index (χ3v) is 5.06. The molecule has 0 aliphatic carbocycles. The molecule has 0 fully saturated rings. The standard InChI is InChI=1S/C14H14N4O2S2/c1-18-13(19)16-17-14(18)22-8-10-7-21-12(15-10)9-4-3-5-11(6-9)20-2/h3-7H,8H2,1-2H3,(H,16,19). The second-order valence-corrected chi connectivity index (χ2v) is 6.34. The molecule has 1 aromatic carbocycles. The molecule has 2 heterocycles. The van der Waals surface area contributed by atoms with Crippen LogP contribution in [-0.4, -0.2) is 26.9 Å². The first-order chi connectivity index (χ1) is 10.7. The minimum atomic E-state index is -0.210. The maximum Gasteiger partial charge on any atom is 0.343 e. The molecule has 8 heteroatoms. The molecular weight excluding hydrogens is 320 g/mol. The summed E-state index contributed by atoms with van der Waals surface area (Å²) in [4.78, 5) is 15.9. The number of ether oxygens (including phenoxy) is 1. The van der Waals surface area contributed by atoms with Crippen molar-refractivity contribution in [2.45, 2.75) is 10.9 Å². The van der Waals surface area contributed by atoms with Crippen molar-refractivity contribution in [3.8, 4) is 16.3 Å². The molecule has 0 saturated heterocycles. The summed E-state index contributed by atoms with van der Waals surface area (Å²) >= 11 is 3.07. The highest BCUT2D eigenvalue weighted by Crippen LogP contribution is 2.28. The lowest BCUT2D eigenvalue weighted by molar-refractivity contribution is 0.415. The Kier molecular flexibility index (Phi) is 4.30. The van der Waals surface area contributed by atoms with E-state index in [0.29, 0.717) is 10.9 Å². The highest BCUT2D eigenvalue weighted by Gasteiger charge is 2.09. The van der Waals surface area contributed by atoms with Crippen molar-refractivity contribution in [2.24, 2.45) is 7.05 Å². The largest absolute Gasteiger partial charge is 0.497 e. The molecule has 0 aliphatic heterocycles. The predicted octanol–water partition coefficient (Wildman–Crippen LogP) is 2.53. The molecule has 3 rings (SSSR count). The summed E-state index contributed by atoms with van der Waals surface area (Å²) in [6.45, 7) is 0. The fourth-order valence-electron chi connectivity index (χ4n) is 1.86. The third-order valence-electron chi connectivity index (χ3n) is 3.06. The first-order valence-electron chi connectivity index (χ1n) is 6.50. The van der Waals surface area contributed by atoms with Crippen LogP contribution >= 0.6 is 23.1 Å².